The smallest absolute Gasteiger partial charge is 0.405 e. The van der Waals surface area contributed by atoms with E-state index >= 15 is 0 Å². The second kappa shape index (κ2) is 7.16. The van der Waals surface area contributed by atoms with Gasteiger partial charge < -0.3 is 15.8 Å². The molecule has 0 spiro atoms. The molecule has 3 N–H and O–H groups in total. The highest BCUT2D eigenvalue weighted by molar-refractivity contribution is 6.19. The number of carbonyl (C=O) groups excluding carboxylic acids is 1. The zero-order valence-electron chi connectivity index (χ0n) is 10.9. The average Bonchev–Trinajstić information content (AvgIpc) is 2.36. The van der Waals surface area contributed by atoms with Crippen LogP contribution in [0.1, 0.15) is 5.56 Å². The number of anilines is 1. The summed E-state index contributed by atoms with van der Waals surface area (Å²) in [6.07, 6.45) is -4.55. The number of nitrogen functional groups attached to an aromatic ring is 1. The maximum absolute atomic E-state index is 13.4. The van der Waals surface area contributed by atoms with Crippen molar-refractivity contribution in [2.24, 2.45) is 0 Å². The van der Waals surface area contributed by atoms with Gasteiger partial charge in [0.25, 0.3) is 5.91 Å². The number of rotatable bonds is 4. The minimum absolute atomic E-state index is 0. The van der Waals surface area contributed by atoms with Crippen LogP contribution >= 0.6 is 12.4 Å². The molecular weight excluding hydrogens is 316 g/mol. The molecule has 1 aromatic rings. The van der Waals surface area contributed by atoms with Crippen LogP contribution in [0.25, 0.3) is 5.57 Å². The minimum atomic E-state index is -4.55. The molecule has 0 bridgehead atoms. The summed E-state index contributed by atoms with van der Waals surface area (Å²) in [5, 5.41) is 1.63. The van der Waals surface area contributed by atoms with E-state index in [9.17, 15) is 22.4 Å². The summed E-state index contributed by atoms with van der Waals surface area (Å²) in [5.41, 5.74) is 4.68. The molecule has 0 fully saturated rings. The lowest BCUT2D eigenvalue weighted by Crippen LogP contribution is -2.34. The van der Waals surface area contributed by atoms with Gasteiger partial charge in [0.15, 0.2) is 0 Å². The number of ether oxygens (including phenoxy) is 1. The maximum Gasteiger partial charge on any atom is 0.405 e. The van der Waals surface area contributed by atoms with Gasteiger partial charge in [-0.2, -0.15) is 13.2 Å². The van der Waals surface area contributed by atoms with E-state index in [1.807, 2.05) is 0 Å². The van der Waals surface area contributed by atoms with Crippen molar-refractivity contribution < 1.29 is 27.1 Å². The normalized spacial score (nSPS) is 10.5. The van der Waals surface area contributed by atoms with E-state index in [4.69, 9.17) is 10.5 Å². The SMILES string of the molecule is C=C(C(=O)NCC(F)(F)F)c1cc(F)c(N)cc1OC.Cl. The standard InChI is InChI=1S/C12H12F4N2O2.ClH/c1-6(11(19)18-5-12(14,15)16)7-3-8(13)9(17)4-10(7)20-2;/h3-4H,1,5,17H2,2H3,(H,18,19);1H. The highest BCUT2D eigenvalue weighted by Gasteiger charge is 2.28. The monoisotopic (exact) mass is 328 g/mol. The number of methoxy groups -OCH3 is 1. The minimum Gasteiger partial charge on any atom is -0.496 e. The van der Waals surface area contributed by atoms with Crippen LogP contribution in [0.4, 0.5) is 23.2 Å². The van der Waals surface area contributed by atoms with E-state index < -0.39 is 24.4 Å². The molecule has 21 heavy (non-hydrogen) atoms. The third kappa shape index (κ3) is 5.14. The first-order chi connectivity index (χ1) is 9.15. The van der Waals surface area contributed by atoms with Crippen molar-refractivity contribution in [2.75, 3.05) is 19.4 Å². The molecule has 0 heterocycles. The van der Waals surface area contributed by atoms with Crippen molar-refractivity contribution in [3.8, 4) is 5.75 Å². The number of nitrogens with one attached hydrogen (secondary N) is 1. The molecule has 0 saturated carbocycles. The number of benzene rings is 1. The molecule has 0 aliphatic carbocycles. The van der Waals surface area contributed by atoms with Gasteiger partial charge in [-0.1, -0.05) is 6.58 Å². The number of alkyl halides is 3. The first-order valence-electron chi connectivity index (χ1n) is 5.33. The van der Waals surface area contributed by atoms with Gasteiger partial charge in [-0.15, -0.1) is 12.4 Å². The Hall–Kier alpha value is -1.96. The number of halogens is 5. The van der Waals surface area contributed by atoms with E-state index in [-0.39, 0.29) is 35.0 Å². The Morgan fingerprint density at radius 2 is 2.00 bits per heavy atom. The van der Waals surface area contributed by atoms with Crippen LogP contribution in [0, 0.1) is 5.82 Å². The van der Waals surface area contributed by atoms with E-state index in [1.54, 1.807) is 5.32 Å². The highest BCUT2D eigenvalue weighted by Crippen LogP contribution is 2.29. The molecule has 118 valence electrons. The molecule has 1 rings (SSSR count). The number of hydrogen-bond donors (Lipinski definition) is 2. The topological polar surface area (TPSA) is 64.4 Å². The fourth-order valence-corrected chi connectivity index (χ4v) is 1.38. The average molecular weight is 329 g/mol. The van der Waals surface area contributed by atoms with Gasteiger partial charge in [0.05, 0.1) is 12.8 Å². The van der Waals surface area contributed by atoms with E-state index in [0.29, 0.717) is 0 Å². The molecule has 0 atom stereocenters. The Morgan fingerprint density at radius 3 is 2.48 bits per heavy atom. The fraction of sp³-hybridized carbons (Fsp3) is 0.250. The molecule has 1 amide bonds. The molecule has 0 aromatic heterocycles. The molecule has 4 nitrogen and oxygen atoms in total. The summed E-state index contributed by atoms with van der Waals surface area (Å²) in [6, 6.07) is 2.00. The Labute approximate surface area is 124 Å². The largest absolute Gasteiger partial charge is 0.496 e. The molecule has 0 aliphatic heterocycles. The van der Waals surface area contributed by atoms with Crippen LogP contribution in [-0.4, -0.2) is 25.7 Å². The molecule has 0 aliphatic rings. The number of hydrogen-bond acceptors (Lipinski definition) is 3. The summed E-state index contributed by atoms with van der Waals surface area (Å²) >= 11 is 0. The third-order valence-electron chi connectivity index (χ3n) is 2.37. The molecule has 0 unspecified atom stereocenters. The third-order valence-corrected chi connectivity index (χ3v) is 2.37. The highest BCUT2D eigenvalue weighted by atomic mass is 35.5. The van der Waals surface area contributed by atoms with Crippen molar-refractivity contribution in [1.29, 1.82) is 0 Å². The van der Waals surface area contributed by atoms with Gasteiger partial charge in [0.2, 0.25) is 0 Å². The van der Waals surface area contributed by atoms with Crippen molar-refractivity contribution >= 4 is 29.6 Å². The van der Waals surface area contributed by atoms with Crippen molar-refractivity contribution in [2.45, 2.75) is 6.18 Å². The quantitative estimate of drug-likeness (QED) is 0.507. The van der Waals surface area contributed by atoms with Crippen molar-refractivity contribution in [3.05, 3.63) is 30.1 Å². The predicted octanol–water partition coefficient (Wildman–Crippen LogP) is 2.53. The summed E-state index contributed by atoms with van der Waals surface area (Å²) in [5.74, 6) is -1.87. The van der Waals surface area contributed by atoms with Crippen LogP contribution < -0.4 is 15.8 Å². The van der Waals surface area contributed by atoms with Crippen LogP contribution in [0.15, 0.2) is 18.7 Å². The Morgan fingerprint density at radius 1 is 1.43 bits per heavy atom. The van der Waals surface area contributed by atoms with Crippen LogP contribution in [0.2, 0.25) is 0 Å². The molecule has 9 heteroatoms. The maximum atomic E-state index is 13.4. The fourth-order valence-electron chi connectivity index (χ4n) is 1.38. The lowest BCUT2D eigenvalue weighted by atomic mass is 10.0. The van der Waals surface area contributed by atoms with Gasteiger partial charge in [0, 0.05) is 17.2 Å². The first kappa shape index (κ1) is 19.0. The number of nitrogens with two attached hydrogens (primary N) is 1. The first-order valence-corrected chi connectivity index (χ1v) is 5.33. The number of amides is 1. The van der Waals surface area contributed by atoms with E-state index in [0.717, 1.165) is 12.1 Å². The van der Waals surface area contributed by atoms with Crippen LogP contribution in [0.3, 0.4) is 0 Å². The van der Waals surface area contributed by atoms with Crippen LogP contribution in [0.5, 0.6) is 5.75 Å². The predicted molar refractivity (Wildman–Crippen MR) is 72.7 cm³/mol. The van der Waals surface area contributed by atoms with E-state index in [1.165, 1.54) is 7.11 Å². The zero-order chi connectivity index (χ0) is 15.5. The summed E-state index contributed by atoms with van der Waals surface area (Å²) in [7, 11) is 1.25. The van der Waals surface area contributed by atoms with Crippen LogP contribution in [-0.2, 0) is 4.79 Å². The molecule has 0 radical (unpaired) electrons. The second-order valence-corrected chi connectivity index (χ2v) is 3.85. The van der Waals surface area contributed by atoms with Gasteiger partial charge >= 0.3 is 6.18 Å². The van der Waals surface area contributed by atoms with Gasteiger partial charge in [-0.3, -0.25) is 4.79 Å². The second-order valence-electron chi connectivity index (χ2n) is 3.85. The number of carbonyl (C=O) groups is 1. The molecular formula is C12H13ClF4N2O2. The lowest BCUT2D eigenvalue weighted by molar-refractivity contribution is -0.135. The molecule has 0 saturated heterocycles. The summed E-state index contributed by atoms with van der Waals surface area (Å²) in [6.45, 7) is 1.83. The summed E-state index contributed by atoms with van der Waals surface area (Å²) < 4.78 is 54.2. The molecule has 1 aromatic carbocycles. The van der Waals surface area contributed by atoms with E-state index in [2.05, 4.69) is 6.58 Å². The van der Waals surface area contributed by atoms with Gasteiger partial charge in [-0.25, -0.2) is 4.39 Å². The Balaban J connectivity index is 0.00000400. The van der Waals surface area contributed by atoms with Crippen molar-refractivity contribution in [3.63, 3.8) is 0 Å². The zero-order valence-corrected chi connectivity index (χ0v) is 11.7. The van der Waals surface area contributed by atoms with Gasteiger partial charge in [-0.05, 0) is 6.07 Å². The van der Waals surface area contributed by atoms with Crippen molar-refractivity contribution in [1.82, 2.24) is 5.32 Å². The lowest BCUT2D eigenvalue weighted by Gasteiger charge is -2.13. The van der Waals surface area contributed by atoms with Gasteiger partial charge in [0.1, 0.15) is 18.1 Å². The summed E-state index contributed by atoms with van der Waals surface area (Å²) in [4.78, 5) is 11.5. The Bertz CT molecular complexity index is 547. The Kier molecular flexibility index (Phi) is 6.50.